The maximum absolute atomic E-state index is 9.21. The number of nitriles is 1. The van der Waals surface area contributed by atoms with Gasteiger partial charge < -0.3 is 4.90 Å². The lowest BCUT2D eigenvalue weighted by atomic mass is 10.1. The zero-order valence-electron chi connectivity index (χ0n) is 11.0. The Hall–Kier alpha value is -2.12. The molecule has 0 spiro atoms. The SMILES string of the molecule is CN1CCc2c(c(C#N)nn2Cc2ccccc2)C1. The predicted molar refractivity (Wildman–Crippen MR) is 72.5 cm³/mol. The molecular formula is C15H16N4. The average molecular weight is 252 g/mol. The van der Waals surface area contributed by atoms with E-state index in [0.717, 1.165) is 31.6 Å². The minimum Gasteiger partial charge on any atom is -0.302 e. The Bertz CT molecular complexity index is 622. The van der Waals surface area contributed by atoms with E-state index in [0.29, 0.717) is 5.69 Å². The largest absolute Gasteiger partial charge is 0.302 e. The second kappa shape index (κ2) is 4.87. The number of hydrogen-bond acceptors (Lipinski definition) is 3. The van der Waals surface area contributed by atoms with Crippen LogP contribution in [0.4, 0.5) is 0 Å². The molecule has 0 saturated heterocycles. The molecule has 0 fully saturated rings. The molecule has 0 bridgehead atoms. The van der Waals surface area contributed by atoms with Crippen LogP contribution in [0.3, 0.4) is 0 Å². The van der Waals surface area contributed by atoms with Crippen molar-refractivity contribution in [3.63, 3.8) is 0 Å². The Morgan fingerprint density at radius 3 is 2.84 bits per heavy atom. The van der Waals surface area contributed by atoms with Crippen LogP contribution < -0.4 is 0 Å². The maximum Gasteiger partial charge on any atom is 0.167 e. The Balaban J connectivity index is 1.97. The van der Waals surface area contributed by atoms with Gasteiger partial charge in [0.1, 0.15) is 6.07 Å². The van der Waals surface area contributed by atoms with Crippen LogP contribution >= 0.6 is 0 Å². The summed E-state index contributed by atoms with van der Waals surface area (Å²) in [6.07, 6.45) is 0.966. The molecule has 4 nitrogen and oxygen atoms in total. The van der Waals surface area contributed by atoms with E-state index in [-0.39, 0.29) is 0 Å². The first-order valence-corrected chi connectivity index (χ1v) is 6.49. The molecule has 0 radical (unpaired) electrons. The van der Waals surface area contributed by atoms with Gasteiger partial charge in [-0.05, 0) is 12.6 Å². The first-order chi connectivity index (χ1) is 9.28. The number of hydrogen-bond donors (Lipinski definition) is 0. The summed E-state index contributed by atoms with van der Waals surface area (Å²) in [6, 6.07) is 12.5. The fourth-order valence-electron chi connectivity index (χ4n) is 2.60. The van der Waals surface area contributed by atoms with Gasteiger partial charge in [-0.15, -0.1) is 0 Å². The molecule has 0 amide bonds. The molecule has 2 heterocycles. The molecule has 1 aliphatic rings. The molecule has 0 aliphatic carbocycles. The summed E-state index contributed by atoms with van der Waals surface area (Å²) in [6.45, 7) is 2.60. The van der Waals surface area contributed by atoms with Gasteiger partial charge in [0, 0.05) is 30.8 Å². The molecule has 0 saturated carbocycles. The summed E-state index contributed by atoms with van der Waals surface area (Å²) < 4.78 is 2.00. The lowest BCUT2D eigenvalue weighted by molar-refractivity contribution is 0.308. The van der Waals surface area contributed by atoms with Crippen LogP contribution in [0.5, 0.6) is 0 Å². The van der Waals surface area contributed by atoms with Crippen LogP contribution in [-0.4, -0.2) is 28.3 Å². The highest BCUT2D eigenvalue weighted by Crippen LogP contribution is 2.22. The van der Waals surface area contributed by atoms with Crippen molar-refractivity contribution < 1.29 is 0 Å². The lowest BCUT2D eigenvalue weighted by Crippen LogP contribution is -2.27. The summed E-state index contributed by atoms with van der Waals surface area (Å²) in [4.78, 5) is 2.23. The third-order valence-electron chi connectivity index (χ3n) is 3.61. The molecule has 3 rings (SSSR count). The zero-order valence-corrected chi connectivity index (χ0v) is 11.0. The Labute approximate surface area is 112 Å². The first-order valence-electron chi connectivity index (χ1n) is 6.49. The van der Waals surface area contributed by atoms with Crippen molar-refractivity contribution in [3.8, 4) is 6.07 Å². The van der Waals surface area contributed by atoms with Crippen molar-refractivity contribution in [3.05, 3.63) is 52.8 Å². The second-order valence-corrected chi connectivity index (χ2v) is 5.02. The molecule has 0 unspecified atom stereocenters. The highest BCUT2D eigenvalue weighted by atomic mass is 15.3. The third kappa shape index (κ3) is 2.25. The number of rotatable bonds is 2. The molecule has 96 valence electrons. The lowest BCUT2D eigenvalue weighted by Gasteiger charge is -2.23. The van der Waals surface area contributed by atoms with E-state index in [1.165, 1.54) is 11.3 Å². The monoisotopic (exact) mass is 252 g/mol. The van der Waals surface area contributed by atoms with E-state index in [1.54, 1.807) is 0 Å². The van der Waals surface area contributed by atoms with E-state index in [4.69, 9.17) is 0 Å². The number of fused-ring (bicyclic) bond motifs is 1. The van der Waals surface area contributed by atoms with E-state index < -0.39 is 0 Å². The van der Waals surface area contributed by atoms with Gasteiger partial charge in [-0.25, -0.2) is 0 Å². The van der Waals surface area contributed by atoms with E-state index in [2.05, 4.69) is 35.2 Å². The number of aromatic nitrogens is 2. The molecule has 2 aromatic rings. The minimum absolute atomic E-state index is 0.581. The molecule has 1 aromatic carbocycles. The number of benzene rings is 1. The van der Waals surface area contributed by atoms with Gasteiger partial charge in [-0.1, -0.05) is 30.3 Å². The van der Waals surface area contributed by atoms with Crippen molar-refractivity contribution in [2.75, 3.05) is 13.6 Å². The topological polar surface area (TPSA) is 44.9 Å². The molecule has 4 heteroatoms. The summed E-state index contributed by atoms with van der Waals surface area (Å²) in [5.41, 5.74) is 4.12. The normalized spacial score (nSPS) is 14.9. The average Bonchev–Trinajstić information content (AvgIpc) is 2.77. The third-order valence-corrected chi connectivity index (χ3v) is 3.61. The Morgan fingerprint density at radius 1 is 1.32 bits per heavy atom. The molecule has 1 aromatic heterocycles. The van der Waals surface area contributed by atoms with Crippen LogP contribution in [0, 0.1) is 11.3 Å². The smallest absolute Gasteiger partial charge is 0.167 e. The molecular weight excluding hydrogens is 236 g/mol. The van der Waals surface area contributed by atoms with Crippen LogP contribution in [-0.2, 0) is 19.5 Å². The van der Waals surface area contributed by atoms with Gasteiger partial charge in [-0.2, -0.15) is 10.4 Å². The summed E-state index contributed by atoms with van der Waals surface area (Å²) in [5, 5.41) is 13.7. The number of likely N-dealkylation sites (N-methyl/N-ethyl adjacent to an activating group) is 1. The molecule has 1 aliphatic heterocycles. The van der Waals surface area contributed by atoms with Crippen molar-refractivity contribution in [2.45, 2.75) is 19.5 Å². The van der Waals surface area contributed by atoms with Crippen molar-refractivity contribution in [2.24, 2.45) is 0 Å². The standard InChI is InChI=1S/C15H16N4/c1-18-8-7-15-13(11-18)14(9-16)17-19(15)10-12-5-3-2-4-6-12/h2-6H,7-8,10-11H2,1H3. The minimum atomic E-state index is 0.581. The van der Waals surface area contributed by atoms with E-state index in [1.807, 2.05) is 22.9 Å². The van der Waals surface area contributed by atoms with Crippen LogP contribution in [0.15, 0.2) is 30.3 Å². The van der Waals surface area contributed by atoms with Crippen molar-refractivity contribution in [1.82, 2.24) is 14.7 Å². The van der Waals surface area contributed by atoms with Gasteiger partial charge in [0.2, 0.25) is 0 Å². The van der Waals surface area contributed by atoms with E-state index >= 15 is 0 Å². The van der Waals surface area contributed by atoms with Gasteiger partial charge in [0.25, 0.3) is 0 Å². The maximum atomic E-state index is 9.21. The van der Waals surface area contributed by atoms with Gasteiger partial charge in [0.15, 0.2) is 5.69 Å². The second-order valence-electron chi connectivity index (χ2n) is 5.02. The van der Waals surface area contributed by atoms with E-state index in [9.17, 15) is 5.26 Å². The molecule has 19 heavy (non-hydrogen) atoms. The highest BCUT2D eigenvalue weighted by molar-refractivity contribution is 5.37. The van der Waals surface area contributed by atoms with Gasteiger partial charge in [-0.3, -0.25) is 4.68 Å². The predicted octanol–water partition coefficient (Wildman–Crippen LogP) is 1.79. The van der Waals surface area contributed by atoms with Crippen LogP contribution in [0.2, 0.25) is 0 Å². The highest BCUT2D eigenvalue weighted by Gasteiger charge is 2.23. The Kier molecular flexibility index (Phi) is 3.06. The molecule has 0 atom stereocenters. The fraction of sp³-hybridized carbons (Fsp3) is 0.333. The quantitative estimate of drug-likeness (QED) is 0.818. The van der Waals surface area contributed by atoms with Gasteiger partial charge in [0.05, 0.1) is 6.54 Å². The number of nitrogens with zero attached hydrogens (tertiary/aromatic N) is 4. The van der Waals surface area contributed by atoms with Crippen LogP contribution in [0.1, 0.15) is 22.5 Å². The van der Waals surface area contributed by atoms with Crippen molar-refractivity contribution >= 4 is 0 Å². The fourth-order valence-corrected chi connectivity index (χ4v) is 2.60. The summed E-state index contributed by atoms with van der Waals surface area (Å²) in [5.74, 6) is 0. The summed E-state index contributed by atoms with van der Waals surface area (Å²) in [7, 11) is 2.08. The Morgan fingerprint density at radius 2 is 2.11 bits per heavy atom. The van der Waals surface area contributed by atoms with Crippen molar-refractivity contribution in [1.29, 1.82) is 5.26 Å². The van der Waals surface area contributed by atoms with Crippen LogP contribution in [0.25, 0.3) is 0 Å². The molecule has 0 N–H and O–H groups in total. The van der Waals surface area contributed by atoms with Gasteiger partial charge >= 0.3 is 0 Å². The first kappa shape index (κ1) is 11.9. The zero-order chi connectivity index (χ0) is 13.2. The summed E-state index contributed by atoms with van der Waals surface area (Å²) >= 11 is 0.